The number of nitrogens with one attached hydrogen (secondary N) is 1. The van der Waals surface area contributed by atoms with Crippen molar-refractivity contribution in [2.24, 2.45) is 0 Å². The molecule has 0 spiro atoms. The normalized spacial score (nSPS) is 17.5. The summed E-state index contributed by atoms with van der Waals surface area (Å²) in [5.41, 5.74) is 5.56. The zero-order valence-electron chi connectivity index (χ0n) is 23.3. The minimum Gasteiger partial charge on any atom is -0.494 e. The molecule has 4 aromatic rings. The van der Waals surface area contributed by atoms with Gasteiger partial charge in [-0.25, -0.2) is 9.78 Å². The Kier molecular flexibility index (Phi) is 8.87. The molecule has 0 fully saturated rings. The molecule has 1 N–H and O–H groups in total. The van der Waals surface area contributed by atoms with Crippen LogP contribution in [0.2, 0.25) is 5.02 Å². The van der Waals surface area contributed by atoms with Gasteiger partial charge in [-0.3, -0.25) is 4.90 Å². The van der Waals surface area contributed by atoms with Crippen LogP contribution in [-0.4, -0.2) is 44.1 Å². The standard InChI is InChI=1S/C33H34Cl2N4O3/c34-24-7-12-27(13-8-24)42-33(40)39-18-15-28-29-21-25(35)9-14-30(29)37-31(28)32(39)23-5-10-26(11-6-23)41-20-4-2-1-3-17-38-19-16-36-22-38/h5-14,16,19,22,25,32,37H,1-4,15,17-18,20-21H2. The number of carbonyl (C=O) groups excluding carboxylic acids is 1. The van der Waals surface area contributed by atoms with Crippen LogP contribution in [0.25, 0.3) is 6.08 Å². The SMILES string of the molecule is O=C(Oc1ccc(Cl)cc1)N1CCc2c([nH]c3c2CC(Cl)C=C3)C1c1ccc(OCCCCCCn2ccnc2)cc1. The number of aromatic nitrogens is 3. The minimum atomic E-state index is -0.403. The summed E-state index contributed by atoms with van der Waals surface area (Å²) in [6, 6.07) is 14.6. The van der Waals surface area contributed by atoms with E-state index in [4.69, 9.17) is 32.7 Å². The van der Waals surface area contributed by atoms with Crippen molar-refractivity contribution < 1.29 is 14.3 Å². The largest absolute Gasteiger partial charge is 0.494 e. The van der Waals surface area contributed by atoms with Gasteiger partial charge in [-0.2, -0.15) is 0 Å². The molecule has 1 aliphatic carbocycles. The zero-order chi connectivity index (χ0) is 28.9. The third-order valence-corrected chi connectivity index (χ3v) is 8.48. The first kappa shape index (κ1) is 28.4. The summed E-state index contributed by atoms with van der Waals surface area (Å²) in [5, 5.41) is 0.558. The molecule has 6 rings (SSSR count). The number of imidazole rings is 1. The molecule has 2 aliphatic rings. The Hall–Kier alpha value is -3.68. The number of fused-ring (bicyclic) bond motifs is 3. The Bertz CT molecular complexity index is 1510. The fourth-order valence-corrected chi connectivity index (χ4v) is 6.16. The molecular formula is C33H34Cl2N4O3. The van der Waals surface area contributed by atoms with Crippen molar-refractivity contribution in [2.75, 3.05) is 13.2 Å². The van der Waals surface area contributed by atoms with Crippen LogP contribution in [0.1, 0.15) is 59.8 Å². The van der Waals surface area contributed by atoms with Gasteiger partial charge in [0.1, 0.15) is 17.5 Å². The number of aromatic amines is 1. The van der Waals surface area contributed by atoms with Crippen LogP contribution in [-0.2, 0) is 19.4 Å². The van der Waals surface area contributed by atoms with Gasteiger partial charge in [-0.1, -0.05) is 42.7 Å². The number of allylic oxidation sites excluding steroid dienone is 1. The molecule has 2 unspecified atom stereocenters. The fourth-order valence-electron chi connectivity index (χ4n) is 5.81. The van der Waals surface area contributed by atoms with Gasteiger partial charge < -0.3 is 19.0 Å². The van der Waals surface area contributed by atoms with E-state index >= 15 is 0 Å². The van der Waals surface area contributed by atoms with Crippen molar-refractivity contribution >= 4 is 35.4 Å². The highest BCUT2D eigenvalue weighted by molar-refractivity contribution is 6.30. The molecule has 2 aromatic carbocycles. The maximum Gasteiger partial charge on any atom is 0.416 e. The highest BCUT2D eigenvalue weighted by Gasteiger charge is 2.37. The van der Waals surface area contributed by atoms with Crippen LogP contribution < -0.4 is 9.47 Å². The Morgan fingerprint density at radius 3 is 2.57 bits per heavy atom. The van der Waals surface area contributed by atoms with Crippen molar-refractivity contribution in [1.82, 2.24) is 19.4 Å². The van der Waals surface area contributed by atoms with E-state index in [0.29, 0.717) is 23.9 Å². The Morgan fingerprint density at radius 1 is 1.00 bits per heavy atom. The number of nitrogens with zero attached hydrogens (tertiary/aromatic N) is 3. The van der Waals surface area contributed by atoms with E-state index in [9.17, 15) is 4.79 Å². The summed E-state index contributed by atoms with van der Waals surface area (Å²) in [6.45, 7) is 2.21. The number of hydrogen-bond acceptors (Lipinski definition) is 4. The van der Waals surface area contributed by atoms with Crippen LogP contribution in [0.15, 0.2) is 73.3 Å². The molecule has 2 aromatic heterocycles. The molecule has 0 radical (unpaired) electrons. The summed E-state index contributed by atoms with van der Waals surface area (Å²) in [4.78, 5) is 23.0. The lowest BCUT2D eigenvalue weighted by molar-refractivity contribution is 0.135. The average molecular weight is 606 g/mol. The summed E-state index contributed by atoms with van der Waals surface area (Å²) >= 11 is 12.5. The number of rotatable bonds is 10. The summed E-state index contributed by atoms with van der Waals surface area (Å²) < 4.78 is 13.9. The molecule has 9 heteroatoms. The highest BCUT2D eigenvalue weighted by atomic mass is 35.5. The molecular weight excluding hydrogens is 571 g/mol. The second kappa shape index (κ2) is 13.1. The molecule has 0 saturated carbocycles. The first-order valence-corrected chi connectivity index (χ1v) is 15.3. The molecule has 3 heterocycles. The summed E-state index contributed by atoms with van der Waals surface area (Å²) in [5.74, 6) is 1.28. The second-order valence-electron chi connectivity index (χ2n) is 10.8. The van der Waals surface area contributed by atoms with Crippen molar-refractivity contribution in [1.29, 1.82) is 0 Å². The van der Waals surface area contributed by atoms with Gasteiger partial charge in [0.05, 0.1) is 18.3 Å². The second-order valence-corrected chi connectivity index (χ2v) is 11.8. The Balaban J connectivity index is 1.14. The lowest BCUT2D eigenvalue weighted by Crippen LogP contribution is -2.42. The van der Waals surface area contributed by atoms with E-state index in [0.717, 1.165) is 67.8 Å². The number of amides is 1. The van der Waals surface area contributed by atoms with Crippen LogP contribution in [0.5, 0.6) is 11.5 Å². The number of hydrogen-bond donors (Lipinski definition) is 1. The number of alkyl halides is 1. The quantitative estimate of drug-likeness (QED) is 0.148. The van der Waals surface area contributed by atoms with Gasteiger partial charge in [0, 0.05) is 41.9 Å². The molecule has 218 valence electrons. The molecule has 42 heavy (non-hydrogen) atoms. The number of halogens is 2. The van der Waals surface area contributed by atoms with Gasteiger partial charge in [0.25, 0.3) is 0 Å². The Labute approximate surface area is 256 Å². The topological polar surface area (TPSA) is 72.4 Å². The molecule has 2 atom stereocenters. The predicted octanol–water partition coefficient (Wildman–Crippen LogP) is 7.83. The van der Waals surface area contributed by atoms with E-state index < -0.39 is 6.09 Å². The number of benzene rings is 2. The number of ether oxygens (including phenoxy) is 2. The minimum absolute atomic E-state index is 0.0307. The third kappa shape index (κ3) is 6.53. The van der Waals surface area contributed by atoms with Crippen LogP contribution in [0, 0.1) is 0 Å². The highest BCUT2D eigenvalue weighted by Crippen LogP contribution is 2.40. The fraction of sp³-hybridized carbons (Fsp3) is 0.333. The van der Waals surface area contributed by atoms with E-state index in [1.165, 1.54) is 11.1 Å². The van der Waals surface area contributed by atoms with Crippen molar-refractivity contribution in [3.05, 3.63) is 106 Å². The average Bonchev–Trinajstić information content (AvgIpc) is 3.65. The summed E-state index contributed by atoms with van der Waals surface area (Å²) in [6.07, 6.45) is 15.3. The zero-order valence-corrected chi connectivity index (χ0v) is 24.9. The smallest absolute Gasteiger partial charge is 0.416 e. The summed E-state index contributed by atoms with van der Waals surface area (Å²) in [7, 11) is 0. The number of carbonyl (C=O) groups is 1. The van der Waals surface area contributed by atoms with Crippen molar-refractivity contribution in [2.45, 2.75) is 56.5 Å². The van der Waals surface area contributed by atoms with Crippen LogP contribution in [0.3, 0.4) is 0 Å². The molecule has 1 amide bonds. The van der Waals surface area contributed by atoms with E-state index in [1.807, 2.05) is 49.1 Å². The van der Waals surface area contributed by atoms with E-state index in [1.54, 1.807) is 29.2 Å². The first-order valence-electron chi connectivity index (χ1n) is 14.5. The molecule has 7 nitrogen and oxygen atoms in total. The maximum atomic E-state index is 13.5. The van der Waals surface area contributed by atoms with Gasteiger partial charge in [0.15, 0.2) is 0 Å². The molecule has 1 aliphatic heterocycles. The van der Waals surface area contributed by atoms with Crippen molar-refractivity contribution in [3.8, 4) is 11.5 Å². The van der Waals surface area contributed by atoms with Gasteiger partial charge in [0.2, 0.25) is 0 Å². The third-order valence-electron chi connectivity index (χ3n) is 7.93. The van der Waals surface area contributed by atoms with Crippen molar-refractivity contribution in [3.63, 3.8) is 0 Å². The predicted molar refractivity (Wildman–Crippen MR) is 166 cm³/mol. The number of unbranched alkanes of at least 4 members (excludes halogenated alkanes) is 3. The van der Waals surface area contributed by atoms with E-state index in [-0.39, 0.29) is 11.4 Å². The van der Waals surface area contributed by atoms with Crippen LogP contribution in [0.4, 0.5) is 4.79 Å². The maximum absolute atomic E-state index is 13.5. The first-order chi connectivity index (χ1) is 20.5. The Morgan fingerprint density at radius 2 is 1.79 bits per heavy atom. The monoisotopic (exact) mass is 604 g/mol. The lowest BCUT2D eigenvalue weighted by atomic mass is 9.89. The molecule has 0 bridgehead atoms. The van der Waals surface area contributed by atoms with Crippen LogP contribution >= 0.6 is 23.2 Å². The molecule has 0 saturated heterocycles. The number of H-pyrrole nitrogens is 1. The number of aryl methyl sites for hydroxylation is 1. The lowest BCUT2D eigenvalue weighted by Gasteiger charge is -2.35. The van der Waals surface area contributed by atoms with Gasteiger partial charge in [-0.15, -0.1) is 11.6 Å². The van der Waals surface area contributed by atoms with Gasteiger partial charge in [-0.05, 0) is 84.8 Å². The van der Waals surface area contributed by atoms with Gasteiger partial charge >= 0.3 is 6.09 Å². The van der Waals surface area contributed by atoms with E-state index in [2.05, 4.69) is 20.6 Å².